The smallest absolute Gasteiger partial charge is 0.0206 e. The molecule has 3 aliphatic carbocycles. The minimum Gasteiger partial charge on any atom is -0.375 e. The summed E-state index contributed by atoms with van der Waals surface area (Å²) in [6.07, 6.45) is 15.8. The van der Waals surface area contributed by atoms with Gasteiger partial charge in [-0.25, -0.2) is 0 Å². The molecule has 2 atom stereocenters. The van der Waals surface area contributed by atoms with Crippen molar-refractivity contribution in [2.75, 3.05) is 13.1 Å². The molecule has 0 aromatic rings. The van der Waals surface area contributed by atoms with E-state index in [0.717, 1.165) is 23.7 Å². The quantitative estimate of drug-likeness (QED) is 0.506. The lowest BCUT2D eigenvalue weighted by Crippen LogP contribution is -2.28. The van der Waals surface area contributed by atoms with E-state index >= 15 is 0 Å². The Hall–Kier alpha value is -0.720. The summed E-state index contributed by atoms with van der Waals surface area (Å²) in [6, 6.07) is 0. The molecule has 3 rings (SSSR count). The molecule has 3 aliphatic rings. The summed E-state index contributed by atoms with van der Waals surface area (Å²) in [5.74, 6) is 3.82. The molecule has 1 heteroatoms. The third kappa shape index (κ3) is 4.14. The van der Waals surface area contributed by atoms with Gasteiger partial charge in [0, 0.05) is 18.8 Å². The normalized spacial score (nSPS) is 28.9. The van der Waals surface area contributed by atoms with Gasteiger partial charge in [0.25, 0.3) is 0 Å². The van der Waals surface area contributed by atoms with Crippen LogP contribution in [0.3, 0.4) is 0 Å². The summed E-state index contributed by atoms with van der Waals surface area (Å²) in [5, 5.41) is 0. The van der Waals surface area contributed by atoms with Crippen LogP contribution in [0.4, 0.5) is 0 Å². The van der Waals surface area contributed by atoms with E-state index in [1.807, 2.05) is 0 Å². The second-order valence-corrected chi connectivity index (χ2v) is 7.33. The Morgan fingerprint density at radius 3 is 2.55 bits per heavy atom. The lowest BCUT2D eigenvalue weighted by molar-refractivity contribution is 0.296. The summed E-state index contributed by atoms with van der Waals surface area (Å²) < 4.78 is 0. The number of hydrogen-bond acceptors (Lipinski definition) is 1. The first-order valence-electron chi connectivity index (χ1n) is 8.86. The van der Waals surface area contributed by atoms with Crippen molar-refractivity contribution in [2.24, 2.45) is 23.7 Å². The van der Waals surface area contributed by atoms with Gasteiger partial charge in [-0.1, -0.05) is 25.7 Å². The third-order valence-electron chi connectivity index (χ3n) is 5.26. The first-order valence-corrected chi connectivity index (χ1v) is 8.86. The molecule has 0 spiro atoms. The molecule has 0 aliphatic heterocycles. The standard InChI is InChI=1S/C19H31N/c1-3-4-5-6-7-18-12-19(18)14-20(13-16-8-9-16)15(2)17-10-11-17/h4-5,16-19H,2-3,6-14H2,1H3/b5-4-. The highest BCUT2D eigenvalue weighted by atomic mass is 15.2. The van der Waals surface area contributed by atoms with Crippen LogP contribution >= 0.6 is 0 Å². The van der Waals surface area contributed by atoms with Crippen molar-refractivity contribution in [2.45, 2.75) is 58.3 Å². The Bertz CT molecular complexity index is 362. The number of hydrogen-bond donors (Lipinski definition) is 0. The molecule has 0 radical (unpaired) electrons. The second kappa shape index (κ2) is 6.37. The summed E-state index contributed by atoms with van der Waals surface area (Å²) in [7, 11) is 0. The van der Waals surface area contributed by atoms with Crippen LogP contribution in [0.25, 0.3) is 0 Å². The molecular formula is C19H31N. The first kappa shape index (κ1) is 14.2. The minimum atomic E-state index is 0.846. The maximum atomic E-state index is 4.40. The van der Waals surface area contributed by atoms with Gasteiger partial charge in [0.05, 0.1) is 0 Å². The minimum absolute atomic E-state index is 0.846. The Balaban J connectivity index is 1.40. The molecule has 0 aromatic carbocycles. The van der Waals surface area contributed by atoms with Crippen molar-refractivity contribution in [3.63, 3.8) is 0 Å². The molecule has 0 heterocycles. The zero-order valence-corrected chi connectivity index (χ0v) is 13.2. The van der Waals surface area contributed by atoms with E-state index in [4.69, 9.17) is 0 Å². The first-order chi connectivity index (χ1) is 9.78. The van der Waals surface area contributed by atoms with Crippen molar-refractivity contribution in [1.29, 1.82) is 0 Å². The summed E-state index contributed by atoms with van der Waals surface area (Å²) >= 11 is 0. The maximum absolute atomic E-state index is 4.40. The largest absolute Gasteiger partial charge is 0.375 e. The molecule has 20 heavy (non-hydrogen) atoms. The van der Waals surface area contributed by atoms with Gasteiger partial charge in [-0.3, -0.25) is 0 Å². The summed E-state index contributed by atoms with van der Waals surface area (Å²) in [5.41, 5.74) is 1.48. The van der Waals surface area contributed by atoms with Gasteiger partial charge in [-0.15, -0.1) is 0 Å². The highest BCUT2D eigenvalue weighted by molar-refractivity contribution is 5.09. The molecule has 3 fully saturated rings. The van der Waals surface area contributed by atoms with Gasteiger partial charge >= 0.3 is 0 Å². The van der Waals surface area contributed by atoms with Crippen molar-refractivity contribution in [1.82, 2.24) is 4.90 Å². The van der Waals surface area contributed by atoms with Crippen LogP contribution in [0.15, 0.2) is 24.4 Å². The highest BCUT2D eigenvalue weighted by Crippen LogP contribution is 2.46. The second-order valence-electron chi connectivity index (χ2n) is 7.33. The fraction of sp³-hybridized carbons (Fsp3) is 0.789. The van der Waals surface area contributed by atoms with E-state index < -0.39 is 0 Å². The molecule has 0 saturated heterocycles. The molecule has 1 nitrogen and oxygen atoms in total. The van der Waals surface area contributed by atoms with Crippen LogP contribution in [0.1, 0.15) is 58.3 Å². The molecule has 3 saturated carbocycles. The SMILES string of the molecule is C=C(C1CC1)N(CC1CC1)CC1CC1CC/C=C\CC. The average Bonchev–Trinajstić information content (AvgIpc) is 3.28. The summed E-state index contributed by atoms with van der Waals surface area (Å²) in [4.78, 5) is 2.68. The Kier molecular flexibility index (Phi) is 4.53. The van der Waals surface area contributed by atoms with E-state index in [2.05, 4.69) is 30.6 Å². The average molecular weight is 273 g/mol. The number of nitrogens with zero attached hydrogens (tertiary/aromatic N) is 1. The molecular weight excluding hydrogens is 242 g/mol. The van der Waals surface area contributed by atoms with Gasteiger partial charge < -0.3 is 4.90 Å². The Morgan fingerprint density at radius 2 is 1.90 bits per heavy atom. The number of allylic oxidation sites excluding steroid dienone is 3. The fourth-order valence-corrected chi connectivity index (χ4v) is 3.36. The molecule has 0 bridgehead atoms. The zero-order valence-electron chi connectivity index (χ0n) is 13.2. The maximum Gasteiger partial charge on any atom is 0.0206 e. The van der Waals surface area contributed by atoms with Crippen LogP contribution in [0.2, 0.25) is 0 Å². The lowest BCUT2D eigenvalue weighted by Gasteiger charge is -2.27. The van der Waals surface area contributed by atoms with E-state index in [0.29, 0.717) is 0 Å². The van der Waals surface area contributed by atoms with Crippen molar-refractivity contribution >= 4 is 0 Å². The molecule has 0 aromatic heterocycles. The van der Waals surface area contributed by atoms with Crippen LogP contribution in [0.5, 0.6) is 0 Å². The number of rotatable bonds is 10. The predicted octanol–water partition coefficient (Wildman–Crippen LogP) is 5.00. The van der Waals surface area contributed by atoms with E-state index in [1.165, 1.54) is 70.2 Å². The highest BCUT2D eigenvalue weighted by Gasteiger charge is 2.40. The van der Waals surface area contributed by atoms with Gasteiger partial charge in [0.15, 0.2) is 0 Å². The predicted molar refractivity (Wildman–Crippen MR) is 86.4 cm³/mol. The monoisotopic (exact) mass is 273 g/mol. The van der Waals surface area contributed by atoms with Crippen molar-refractivity contribution in [3.8, 4) is 0 Å². The van der Waals surface area contributed by atoms with Gasteiger partial charge in [0.1, 0.15) is 0 Å². The van der Waals surface area contributed by atoms with Crippen LogP contribution in [-0.2, 0) is 0 Å². The fourth-order valence-electron chi connectivity index (χ4n) is 3.36. The molecule has 0 N–H and O–H groups in total. The van der Waals surface area contributed by atoms with Crippen LogP contribution in [-0.4, -0.2) is 18.0 Å². The molecule has 112 valence electrons. The van der Waals surface area contributed by atoms with Crippen LogP contribution in [0, 0.1) is 23.7 Å². The van der Waals surface area contributed by atoms with Crippen molar-refractivity contribution < 1.29 is 0 Å². The molecule has 2 unspecified atom stereocenters. The van der Waals surface area contributed by atoms with E-state index in [1.54, 1.807) is 0 Å². The van der Waals surface area contributed by atoms with E-state index in [9.17, 15) is 0 Å². The third-order valence-corrected chi connectivity index (χ3v) is 5.26. The van der Waals surface area contributed by atoms with Gasteiger partial charge in [-0.2, -0.15) is 0 Å². The Labute approximate surface area is 125 Å². The van der Waals surface area contributed by atoms with Gasteiger partial charge in [0.2, 0.25) is 0 Å². The topological polar surface area (TPSA) is 3.24 Å². The lowest BCUT2D eigenvalue weighted by atomic mass is 10.1. The van der Waals surface area contributed by atoms with Crippen molar-refractivity contribution in [3.05, 3.63) is 24.4 Å². The van der Waals surface area contributed by atoms with Gasteiger partial charge in [-0.05, 0) is 75.0 Å². The van der Waals surface area contributed by atoms with E-state index in [-0.39, 0.29) is 0 Å². The van der Waals surface area contributed by atoms with Crippen LogP contribution < -0.4 is 0 Å². The Morgan fingerprint density at radius 1 is 1.10 bits per heavy atom. The summed E-state index contributed by atoms with van der Waals surface area (Å²) in [6.45, 7) is 9.25. The molecule has 0 amide bonds. The zero-order chi connectivity index (χ0) is 13.9.